The van der Waals surface area contributed by atoms with Gasteiger partial charge in [-0.25, -0.2) is 0 Å². The van der Waals surface area contributed by atoms with Gasteiger partial charge in [-0.2, -0.15) is 0 Å². The quantitative estimate of drug-likeness (QED) is 0.567. The van der Waals surface area contributed by atoms with Gasteiger partial charge in [0.15, 0.2) is 0 Å². The summed E-state index contributed by atoms with van der Waals surface area (Å²) in [6.45, 7) is 9.33. The Labute approximate surface area is 96.2 Å². The van der Waals surface area contributed by atoms with Crippen molar-refractivity contribution < 1.29 is 0 Å². The molecule has 0 unspecified atom stereocenters. The van der Waals surface area contributed by atoms with Crippen LogP contribution in [0.4, 0.5) is 0 Å². The molecule has 0 N–H and O–H groups in total. The van der Waals surface area contributed by atoms with E-state index in [0.717, 1.165) is 23.7 Å². The highest BCUT2D eigenvalue weighted by Crippen LogP contribution is 2.33. The molecule has 0 aromatic carbocycles. The summed E-state index contributed by atoms with van der Waals surface area (Å²) in [4.78, 5) is 0. The Balaban J connectivity index is 2.22. The van der Waals surface area contributed by atoms with Gasteiger partial charge >= 0.3 is 0 Å². The van der Waals surface area contributed by atoms with Gasteiger partial charge in [0.05, 0.1) is 0 Å². The van der Waals surface area contributed by atoms with E-state index in [1.165, 1.54) is 32.1 Å². The molecule has 88 valence electrons. The van der Waals surface area contributed by atoms with Crippen molar-refractivity contribution in [1.29, 1.82) is 0 Å². The lowest BCUT2D eigenvalue weighted by molar-refractivity contribution is 0.248. The van der Waals surface area contributed by atoms with Crippen LogP contribution in [-0.2, 0) is 0 Å². The summed E-state index contributed by atoms with van der Waals surface area (Å²) in [5.74, 6) is 3.59. The van der Waals surface area contributed by atoms with Gasteiger partial charge < -0.3 is 0 Å². The van der Waals surface area contributed by atoms with Crippen molar-refractivity contribution in [2.45, 2.75) is 59.8 Å². The summed E-state index contributed by atoms with van der Waals surface area (Å²) in [6, 6.07) is 0. The number of hydrogen-bond donors (Lipinski definition) is 0. The molecule has 0 radical (unpaired) electrons. The molecule has 0 saturated heterocycles. The second-order valence-corrected chi connectivity index (χ2v) is 5.98. The summed E-state index contributed by atoms with van der Waals surface area (Å²) in [5.41, 5.74) is 0. The number of rotatable bonds is 4. The van der Waals surface area contributed by atoms with Crippen molar-refractivity contribution >= 4 is 0 Å². The standard InChI is InChI=1S/C15H28/c1-12(2)6-5-7-14-8-10-15(11-9-14)13(3)4/h5,7,12-15H,6,8-11H2,1-4H3/b7-5+. The first-order valence-electron chi connectivity index (χ1n) is 6.76. The molecule has 0 nitrogen and oxygen atoms in total. The lowest BCUT2D eigenvalue weighted by Crippen LogP contribution is -2.17. The predicted octanol–water partition coefficient (Wildman–Crippen LogP) is 5.05. The first-order valence-corrected chi connectivity index (χ1v) is 6.76. The van der Waals surface area contributed by atoms with E-state index in [9.17, 15) is 0 Å². The molecule has 1 aliphatic rings. The molecule has 0 aromatic heterocycles. The van der Waals surface area contributed by atoms with Crippen molar-refractivity contribution in [3.8, 4) is 0 Å². The summed E-state index contributed by atoms with van der Waals surface area (Å²) in [5, 5.41) is 0. The first-order chi connectivity index (χ1) is 7.09. The third-order valence-corrected chi connectivity index (χ3v) is 3.78. The minimum atomic E-state index is 0.813. The molecular formula is C15H28. The van der Waals surface area contributed by atoms with Crippen molar-refractivity contribution in [1.82, 2.24) is 0 Å². The lowest BCUT2D eigenvalue weighted by Gasteiger charge is -2.29. The number of hydrogen-bond acceptors (Lipinski definition) is 0. The smallest absolute Gasteiger partial charge is 0.0233 e. The third kappa shape index (κ3) is 4.86. The maximum atomic E-state index is 2.48. The van der Waals surface area contributed by atoms with E-state index < -0.39 is 0 Å². The lowest BCUT2D eigenvalue weighted by atomic mass is 9.77. The zero-order valence-corrected chi connectivity index (χ0v) is 11.0. The maximum absolute atomic E-state index is 2.48. The van der Waals surface area contributed by atoms with Crippen molar-refractivity contribution in [3.05, 3.63) is 12.2 Å². The Kier molecular flexibility index (Phi) is 5.42. The van der Waals surface area contributed by atoms with Gasteiger partial charge in [-0.3, -0.25) is 0 Å². The average molecular weight is 208 g/mol. The molecule has 15 heavy (non-hydrogen) atoms. The second-order valence-electron chi connectivity index (χ2n) is 5.98. The van der Waals surface area contributed by atoms with E-state index in [0.29, 0.717) is 0 Å². The van der Waals surface area contributed by atoms with Crippen molar-refractivity contribution in [3.63, 3.8) is 0 Å². The average Bonchev–Trinajstić information content (AvgIpc) is 2.18. The first kappa shape index (κ1) is 12.8. The summed E-state index contributed by atoms with van der Waals surface area (Å²) >= 11 is 0. The molecule has 1 saturated carbocycles. The molecule has 1 rings (SSSR count). The van der Waals surface area contributed by atoms with E-state index in [2.05, 4.69) is 39.8 Å². The minimum Gasteiger partial charge on any atom is -0.0880 e. The van der Waals surface area contributed by atoms with Crippen molar-refractivity contribution in [2.24, 2.45) is 23.7 Å². The van der Waals surface area contributed by atoms with Crippen molar-refractivity contribution in [2.75, 3.05) is 0 Å². The molecule has 0 aromatic rings. The van der Waals surface area contributed by atoms with E-state index in [-0.39, 0.29) is 0 Å². The molecule has 0 heteroatoms. The molecule has 0 aliphatic heterocycles. The molecule has 1 fully saturated rings. The van der Waals surface area contributed by atoms with Gasteiger partial charge in [0.25, 0.3) is 0 Å². The summed E-state index contributed by atoms with van der Waals surface area (Å²) < 4.78 is 0. The normalized spacial score (nSPS) is 28.1. The third-order valence-electron chi connectivity index (χ3n) is 3.78. The number of allylic oxidation sites excluding steroid dienone is 2. The Morgan fingerprint density at radius 1 is 1.00 bits per heavy atom. The van der Waals surface area contributed by atoms with Crippen LogP contribution >= 0.6 is 0 Å². The Bertz CT molecular complexity index is 180. The Morgan fingerprint density at radius 3 is 2.07 bits per heavy atom. The van der Waals surface area contributed by atoms with Crippen LogP contribution in [0, 0.1) is 23.7 Å². The van der Waals surface area contributed by atoms with Crippen LogP contribution in [0.25, 0.3) is 0 Å². The molecule has 0 amide bonds. The predicted molar refractivity (Wildman–Crippen MR) is 68.9 cm³/mol. The van der Waals surface area contributed by atoms with Gasteiger partial charge in [0.1, 0.15) is 0 Å². The van der Waals surface area contributed by atoms with Crippen LogP contribution in [0.3, 0.4) is 0 Å². The van der Waals surface area contributed by atoms with E-state index in [4.69, 9.17) is 0 Å². The van der Waals surface area contributed by atoms with Crippen LogP contribution in [0.2, 0.25) is 0 Å². The summed E-state index contributed by atoms with van der Waals surface area (Å²) in [6.07, 6.45) is 11.9. The molecular weight excluding hydrogens is 180 g/mol. The SMILES string of the molecule is CC(C)C/C=C/C1CCC(C(C)C)CC1. The fourth-order valence-corrected chi connectivity index (χ4v) is 2.55. The molecule has 0 heterocycles. The van der Waals surface area contributed by atoms with Crippen LogP contribution in [0.5, 0.6) is 0 Å². The van der Waals surface area contributed by atoms with Gasteiger partial charge in [-0.05, 0) is 55.8 Å². The van der Waals surface area contributed by atoms with Gasteiger partial charge in [0, 0.05) is 0 Å². The fourth-order valence-electron chi connectivity index (χ4n) is 2.55. The van der Waals surface area contributed by atoms with Gasteiger partial charge in [-0.1, -0.05) is 39.8 Å². The zero-order chi connectivity index (χ0) is 11.3. The largest absolute Gasteiger partial charge is 0.0880 e. The Hall–Kier alpha value is -0.260. The highest BCUT2D eigenvalue weighted by Gasteiger charge is 2.21. The van der Waals surface area contributed by atoms with Crippen LogP contribution < -0.4 is 0 Å². The molecule has 1 aliphatic carbocycles. The zero-order valence-electron chi connectivity index (χ0n) is 11.0. The molecule has 0 spiro atoms. The molecule has 0 atom stereocenters. The van der Waals surface area contributed by atoms with E-state index in [1.807, 2.05) is 0 Å². The topological polar surface area (TPSA) is 0 Å². The second kappa shape index (κ2) is 6.35. The highest BCUT2D eigenvalue weighted by atomic mass is 14.3. The van der Waals surface area contributed by atoms with Crippen LogP contribution in [0.15, 0.2) is 12.2 Å². The Morgan fingerprint density at radius 2 is 1.60 bits per heavy atom. The monoisotopic (exact) mass is 208 g/mol. The maximum Gasteiger partial charge on any atom is -0.0233 e. The van der Waals surface area contributed by atoms with Gasteiger partial charge in [0.2, 0.25) is 0 Å². The van der Waals surface area contributed by atoms with Crippen LogP contribution in [-0.4, -0.2) is 0 Å². The van der Waals surface area contributed by atoms with E-state index >= 15 is 0 Å². The van der Waals surface area contributed by atoms with E-state index in [1.54, 1.807) is 0 Å². The van der Waals surface area contributed by atoms with Crippen LogP contribution in [0.1, 0.15) is 59.8 Å². The van der Waals surface area contributed by atoms with Gasteiger partial charge in [-0.15, -0.1) is 0 Å². The fraction of sp³-hybridized carbons (Fsp3) is 0.867. The summed E-state index contributed by atoms with van der Waals surface area (Å²) in [7, 11) is 0. The minimum absolute atomic E-state index is 0.813. The highest BCUT2D eigenvalue weighted by molar-refractivity contribution is 4.91. The molecule has 0 bridgehead atoms.